The highest BCUT2D eigenvalue weighted by Gasteiger charge is 2.38. The zero-order chi connectivity index (χ0) is 12.9. The number of rotatable bonds is 3. The van der Waals surface area contributed by atoms with E-state index in [0.29, 0.717) is 0 Å². The molecule has 0 heterocycles. The Balaban J connectivity index is 1.68. The van der Waals surface area contributed by atoms with E-state index in [1.807, 2.05) is 0 Å². The molecule has 0 aromatic carbocycles. The Bertz CT molecular complexity index is 202. The number of hydrogen-bond acceptors (Lipinski definition) is 0. The predicted molar refractivity (Wildman–Crippen MR) is 86.3 cm³/mol. The van der Waals surface area contributed by atoms with Crippen LogP contribution in [0.3, 0.4) is 0 Å². The first-order valence-electron chi connectivity index (χ1n) is 9.32. The van der Waals surface area contributed by atoms with Crippen LogP contribution in [0.1, 0.15) is 96.3 Å². The maximum absolute atomic E-state index is 1.63. The van der Waals surface area contributed by atoms with Crippen LogP contribution in [-0.4, -0.2) is 8.80 Å². The summed E-state index contributed by atoms with van der Waals surface area (Å²) in [6, 6.07) is 0. The van der Waals surface area contributed by atoms with E-state index in [2.05, 4.69) is 0 Å². The first kappa shape index (κ1) is 14.2. The SMILES string of the molecule is C1CCC([Si](C2CCCCC2)C2CCCCC2)CC1. The topological polar surface area (TPSA) is 0 Å². The molecule has 0 aromatic heterocycles. The zero-order valence-corrected chi connectivity index (χ0v) is 13.8. The quantitative estimate of drug-likeness (QED) is 0.518. The van der Waals surface area contributed by atoms with Gasteiger partial charge in [0.2, 0.25) is 0 Å². The lowest BCUT2D eigenvalue weighted by molar-refractivity contribution is 0.429. The lowest BCUT2D eigenvalue weighted by Crippen LogP contribution is -2.35. The molecule has 0 atom stereocenters. The second kappa shape index (κ2) is 7.29. The normalized spacial score (nSPS) is 28.9. The molecule has 0 aliphatic heterocycles. The Labute approximate surface area is 122 Å². The van der Waals surface area contributed by atoms with Gasteiger partial charge < -0.3 is 0 Å². The highest BCUT2D eigenvalue weighted by atomic mass is 28.3. The molecule has 0 saturated heterocycles. The molecule has 3 saturated carbocycles. The van der Waals surface area contributed by atoms with Crippen LogP contribution in [0.15, 0.2) is 0 Å². The van der Waals surface area contributed by atoms with Crippen molar-refractivity contribution in [3.8, 4) is 0 Å². The largest absolute Gasteiger partial charge is 0.0578 e. The summed E-state index contributed by atoms with van der Waals surface area (Å²) in [6.45, 7) is 0. The predicted octanol–water partition coefficient (Wildman–Crippen LogP) is 6.48. The van der Waals surface area contributed by atoms with Crippen LogP contribution in [0.4, 0.5) is 0 Å². The fourth-order valence-electron chi connectivity index (χ4n) is 5.31. The molecule has 0 spiro atoms. The van der Waals surface area contributed by atoms with Crippen molar-refractivity contribution >= 4 is 8.80 Å². The Kier molecular flexibility index (Phi) is 5.44. The van der Waals surface area contributed by atoms with E-state index in [1.54, 1.807) is 96.3 Å². The summed E-state index contributed by atoms with van der Waals surface area (Å²) in [4.78, 5) is 0. The molecule has 3 rings (SSSR count). The zero-order valence-electron chi connectivity index (χ0n) is 12.8. The van der Waals surface area contributed by atoms with Crippen molar-refractivity contribution in [1.82, 2.24) is 0 Å². The molecule has 0 N–H and O–H groups in total. The van der Waals surface area contributed by atoms with E-state index < -0.39 is 0 Å². The lowest BCUT2D eigenvalue weighted by atomic mass is 9.98. The van der Waals surface area contributed by atoms with E-state index in [-0.39, 0.29) is 8.80 Å². The average Bonchev–Trinajstić information content (AvgIpc) is 2.51. The average molecular weight is 278 g/mol. The molecule has 1 radical (unpaired) electrons. The summed E-state index contributed by atoms with van der Waals surface area (Å²) in [5.41, 5.74) is 3.68. The molecule has 0 amide bonds. The van der Waals surface area contributed by atoms with Gasteiger partial charge in [-0.1, -0.05) is 96.3 Å². The van der Waals surface area contributed by atoms with Gasteiger partial charge >= 0.3 is 0 Å². The summed E-state index contributed by atoms with van der Waals surface area (Å²) < 4.78 is 0. The maximum Gasteiger partial charge on any atom is 0.0578 e. The number of hydrogen-bond donors (Lipinski definition) is 0. The van der Waals surface area contributed by atoms with Gasteiger partial charge in [0.1, 0.15) is 0 Å². The summed E-state index contributed by atoms with van der Waals surface area (Å²) in [5.74, 6) is 0. The van der Waals surface area contributed by atoms with Gasteiger partial charge in [-0.15, -0.1) is 0 Å². The van der Waals surface area contributed by atoms with Gasteiger partial charge in [-0.05, 0) is 16.6 Å². The van der Waals surface area contributed by atoms with Gasteiger partial charge in [-0.25, -0.2) is 0 Å². The lowest BCUT2D eigenvalue weighted by Gasteiger charge is -2.42. The van der Waals surface area contributed by atoms with Crippen LogP contribution >= 0.6 is 0 Å². The van der Waals surface area contributed by atoms with Crippen molar-refractivity contribution in [1.29, 1.82) is 0 Å². The minimum atomic E-state index is -0.0465. The van der Waals surface area contributed by atoms with Crippen molar-refractivity contribution in [2.45, 2.75) is 113 Å². The second-order valence-corrected chi connectivity index (χ2v) is 11.0. The minimum Gasteiger partial charge on any atom is -0.0533 e. The van der Waals surface area contributed by atoms with Crippen LogP contribution in [0.25, 0.3) is 0 Å². The Morgan fingerprint density at radius 3 is 0.895 bits per heavy atom. The first-order chi connectivity index (χ1) is 9.45. The third kappa shape index (κ3) is 3.65. The van der Waals surface area contributed by atoms with E-state index in [4.69, 9.17) is 0 Å². The summed E-state index contributed by atoms with van der Waals surface area (Å²) >= 11 is 0. The highest BCUT2D eigenvalue weighted by Crippen LogP contribution is 2.49. The van der Waals surface area contributed by atoms with Gasteiger partial charge in [0.05, 0.1) is 8.80 Å². The Morgan fingerprint density at radius 1 is 0.368 bits per heavy atom. The third-order valence-electron chi connectivity index (χ3n) is 6.23. The Morgan fingerprint density at radius 2 is 0.632 bits per heavy atom. The smallest absolute Gasteiger partial charge is 0.0533 e. The van der Waals surface area contributed by atoms with E-state index in [9.17, 15) is 0 Å². The molecular formula is C18H33Si. The van der Waals surface area contributed by atoms with Gasteiger partial charge in [0.25, 0.3) is 0 Å². The molecular weight excluding hydrogens is 244 g/mol. The molecule has 3 fully saturated rings. The molecule has 3 aliphatic carbocycles. The maximum atomic E-state index is 1.63. The molecule has 0 bridgehead atoms. The van der Waals surface area contributed by atoms with Gasteiger partial charge in [-0.2, -0.15) is 0 Å². The molecule has 1 heteroatoms. The summed E-state index contributed by atoms with van der Waals surface area (Å²) in [5, 5.41) is 0. The van der Waals surface area contributed by atoms with Gasteiger partial charge in [0.15, 0.2) is 0 Å². The molecule has 3 aliphatic rings. The second-order valence-electron chi connectivity index (χ2n) is 7.50. The minimum absolute atomic E-state index is 0.0465. The van der Waals surface area contributed by atoms with Crippen molar-refractivity contribution < 1.29 is 0 Å². The standard InChI is InChI=1S/C18H33Si/c1-4-10-16(11-5-1)19(17-12-6-2-7-13-17)18-14-8-3-9-15-18/h16-18H,1-15H2. The Hall–Kier alpha value is 0.217. The van der Waals surface area contributed by atoms with Crippen LogP contribution in [0.2, 0.25) is 16.6 Å². The summed E-state index contributed by atoms with van der Waals surface area (Å²) in [6.07, 6.45) is 23.8. The van der Waals surface area contributed by atoms with Crippen LogP contribution < -0.4 is 0 Å². The monoisotopic (exact) mass is 277 g/mol. The summed E-state index contributed by atoms with van der Waals surface area (Å²) in [7, 11) is -0.0465. The van der Waals surface area contributed by atoms with Crippen molar-refractivity contribution in [2.75, 3.05) is 0 Å². The van der Waals surface area contributed by atoms with E-state index in [0.717, 1.165) is 0 Å². The van der Waals surface area contributed by atoms with Gasteiger partial charge in [0, 0.05) is 0 Å². The van der Waals surface area contributed by atoms with E-state index in [1.165, 1.54) is 16.6 Å². The molecule has 19 heavy (non-hydrogen) atoms. The van der Waals surface area contributed by atoms with Gasteiger partial charge in [-0.3, -0.25) is 0 Å². The van der Waals surface area contributed by atoms with Crippen LogP contribution in [-0.2, 0) is 0 Å². The fourth-order valence-corrected chi connectivity index (χ4v) is 10.5. The highest BCUT2D eigenvalue weighted by molar-refractivity contribution is 6.63. The van der Waals surface area contributed by atoms with Crippen LogP contribution in [0, 0.1) is 0 Å². The molecule has 0 unspecified atom stereocenters. The fraction of sp³-hybridized carbons (Fsp3) is 1.00. The third-order valence-corrected chi connectivity index (χ3v) is 10.8. The van der Waals surface area contributed by atoms with Crippen molar-refractivity contribution in [3.05, 3.63) is 0 Å². The first-order valence-corrected chi connectivity index (χ1v) is 11.0. The van der Waals surface area contributed by atoms with E-state index >= 15 is 0 Å². The van der Waals surface area contributed by atoms with Crippen molar-refractivity contribution in [2.24, 2.45) is 0 Å². The van der Waals surface area contributed by atoms with Crippen molar-refractivity contribution in [3.63, 3.8) is 0 Å². The molecule has 0 aromatic rings. The molecule has 0 nitrogen and oxygen atoms in total. The van der Waals surface area contributed by atoms with Crippen LogP contribution in [0.5, 0.6) is 0 Å². The molecule has 109 valence electrons.